The van der Waals surface area contributed by atoms with Crippen LogP contribution in [-0.2, 0) is 15.3 Å². The maximum atomic E-state index is 13.7. The van der Waals surface area contributed by atoms with E-state index in [0.29, 0.717) is 11.3 Å². The lowest BCUT2D eigenvalue weighted by atomic mass is 10.0. The van der Waals surface area contributed by atoms with Crippen LogP contribution in [0.1, 0.15) is 12.5 Å². The van der Waals surface area contributed by atoms with Crippen LogP contribution in [0, 0.1) is 5.82 Å². The number of rotatable bonds is 0. The molecule has 2 aliphatic heterocycles. The minimum atomic E-state index is -1.34. The van der Waals surface area contributed by atoms with E-state index in [1.54, 1.807) is 0 Å². The van der Waals surface area contributed by atoms with Gasteiger partial charge in [0.2, 0.25) is 11.6 Å². The Labute approximate surface area is 125 Å². The third-order valence-corrected chi connectivity index (χ3v) is 4.01. The van der Waals surface area contributed by atoms with Crippen LogP contribution in [0.4, 0.5) is 21.5 Å². The Kier molecular flexibility index (Phi) is 2.37. The molecule has 0 fully saturated rings. The van der Waals surface area contributed by atoms with Crippen molar-refractivity contribution in [2.75, 3.05) is 15.5 Å². The second kappa shape index (κ2) is 4.07. The maximum Gasteiger partial charge on any atom is 0.285 e. The zero-order valence-electron chi connectivity index (χ0n) is 11.7. The topological polar surface area (TPSA) is 61.4 Å². The smallest absolute Gasteiger partial charge is 0.285 e. The van der Waals surface area contributed by atoms with Crippen LogP contribution >= 0.6 is 0 Å². The van der Waals surface area contributed by atoms with Crippen LogP contribution in [0.5, 0.6) is 0 Å². The number of carbonyl (C=O) groups is 2. The number of fused-ring (bicyclic) bond motifs is 3. The summed E-state index contributed by atoms with van der Waals surface area (Å²) in [5.41, 5.74) is 0.927. The number of imide groups is 1. The first kappa shape index (κ1) is 12.8. The van der Waals surface area contributed by atoms with Crippen molar-refractivity contribution in [1.29, 1.82) is 0 Å². The highest BCUT2D eigenvalue weighted by atomic mass is 19.1. The Bertz CT molecular complexity index is 809. The van der Waals surface area contributed by atoms with E-state index in [2.05, 4.69) is 10.6 Å². The number of nitrogens with one attached hydrogen (secondary N) is 2. The maximum absolute atomic E-state index is 13.7. The van der Waals surface area contributed by atoms with Crippen molar-refractivity contribution in [3.63, 3.8) is 0 Å². The average molecular weight is 297 g/mol. The molecule has 6 heteroatoms. The normalized spacial score (nSPS) is 17.0. The predicted octanol–water partition coefficient (Wildman–Crippen LogP) is 2.41. The minimum absolute atomic E-state index is 0.395. The summed E-state index contributed by atoms with van der Waals surface area (Å²) in [6, 6.07) is 11.3. The zero-order valence-corrected chi connectivity index (χ0v) is 11.7. The van der Waals surface area contributed by atoms with Gasteiger partial charge >= 0.3 is 0 Å². The van der Waals surface area contributed by atoms with Crippen LogP contribution in [0.25, 0.3) is 0 Å². The number of carbonyl (C=O) groups excluding carboxylic acids is 2. The van der Waals surface area contributed by atoms with Crippen molar-refractivity contribution in [2.45, 2.75) is 12.6 Å². The van der Waals surface area contributed by atoms with Crippen molar-refractivity contribution >= 4 is 28.9 Å². The highest BCUT2D eigenvalue weighted by molar-refractivity contribution is 6.24. The molecule has 2 aromatic rings. The summed E-state index contributed by atoms with van der Waals surface area (Å²) in [4.78, 5) is 25.8. The van der Waals surface area contributed by atoms with E-state index >= 15 is 0 Å². The second-order valence-electron chi connectivity index (χ2n) is 5.37. The molecule has 110 valence electrons. The summed E-state index contributed by atoms with van der Waals surface area (Å²) in [7, 11) is 0. The van der Waals surface area contributed by atoms with E-state index in [1.807, 2.05) is 24.3 Å². The molecule has 0 aliphatic carbocycles. The zero-order chi connectivity index (χ0) is 15.5. The van der Waals surface area contributed by atoms with Gasteiger partial charge in [0.25, 0.3) is 5.91 Å². The summed E-state index contributed by atoms with van der Waals surface area (Å²) in [6.45, 7) is 1.31. The van der Waals surface area contributed by atoms with E-state index in [9.17, 15) is 14.0 Å². The Hall–Kier alpha value is -2.89. The van der Waals surface area contributed by atoms with Gasteiger partial charge in [-0.15, -0.1) is 0 Å². The monoisotopic (exact) mass is 297 g/mol. The average Bonchev–Trinajstić information content (AvgIpc) is 2.98. The molecule has 4 rings (SSSR count). The van der Waals surface area contributed by atoms with Gasteiger partial charge in [0.1, 0.15) is 5.82 Å². The molecule has 0 radical (unpaired) electrons. The molecule has 5 nitrogen and oxygen atoms in total. The number of amides is 2. The molecule has 0 saturated carbocycles. The fourth-order valence-corrected chi connectivity index (χ4v) is 3.09. The van der Waals surface area contributed by atoms with Crippen LogP contribution in [0.15, 0.2) is 42.5 Å². The molecule has 22 heavy (non-hydrogen) atoms. The first-order chi connectivity index (χ1) is 10.5. The molecule has 2 heterocycles. The summed E-state index contributed by atoms with van der Waals surface area (Å²) < 4.78 is 13.7. The van der Waals surface area contributed by atoms with Crippen molar-refractivity contribution < 1.29 is 14.0 Å². The third-order valence-electron chi connectivity index (χ3n) is 4.01. The Balaban J connectivity index is 1.94. The Morgan fingerprint density at radius 3 is 2.36 bits per heavy atom. The molecule has 2 aliphatic rings. The number of hydrogen-bond acceptors (Lipinski definition) is 4. The number of anilines is 3. The fraction of sp³-hybridized carbons (Fsp3) is 0.125. The van der Waals surface area contributed by atoms with E-state index in [0.717, 1.165) is 16.3 Å². The minimum Gasteiger partial charge on any atom is -0.349 e. The van der Waals surface area contributed by atoms with Gasteiger partial charge in [-0.3, -0.25) is 9.59 Å². The first-order valence-electron chi connectivity index (χ1n) is 6.83. The lowest BCUT2D eigenvalue weighted by Gasteiger charge is -2.24. The van der Waals surface area contributed by atoms with Gasteiger partial charge in [-0.1, -0.05) is 12.1 Å². The van der Waals surface area contributed by atoms with Gasteiger partial charge in [0.15, 0.2) is 0 Å². The highest BCUT2D eigenvalue weighted by Crippen LogP contribution is 2.48. The molecular formula is C16H12FN3O2. The summed E-state index contributed by atoms with van der Waals surface area (Å²) in [5.74, 6) is -1.33. The van der Waals surface area contributed by atoms with E-state index in [4.69, 9.17) is 0 Å². The van der Waals surface area contributed by atoms with Crippen molar-refractivity contribution in [3.05, 3.63) is 53.8 Å². The van der Waals surface area contributed by atoms with Crippen molar-refractivity contribution in [1.82, 2.24) is 0 Å². The van der Waals surface area contributed by atoms with Crippen molar-refractivity contribution in [2.24, 2.45) is 0 Å². The lowest BCUT2D eigenvalue weighted by Crippen LogP contribution is -2.49. The quantitative estimate of drug-likeness (QED) is 0.784. The molecule has 0 aromatic heterocycles. The van der Waals surface area contributed by atoms with Gasteiger partial charge in [0, 0.05) is 12.5 Å². The third kappa shape index (κ3) is 1.46. The molecule has 2 aromatic carbocycles. The molecule has 0 saturated heterocycles. The molecule has 0 unspecified atom stereocenters. The first-order valence-corrected chi connectivity index (χ1v) is 6.83. The Morgan fingerprint density at radius 2 is 1.77 bits per heavy atom. The van der Waals surface area contributed by atoms with Gasteiger partial charge in [-0.25, -0.2) is 9.29 Å². The molecule has 2 amide bonds. The molecule has 0 bridgehead atoms. The standard InChI is InChI=1S/C16H12FN3O2/c1-9(21)20-14-7-6-10(17)8-11(14)16(15(20)22)18-12-4-2-3-5-13(12)19-16/h2-8,18-19H,1H3. The summed E-state index contributed by atoms with van der Waals surface area (Å²) in [6.07, 6.45) is 0. The molecule has 0 atom stereocenters. The predicted molar refractivity (Wildman–Crippen MR) is 79.9 cm³/mol. The van der Waals surface area contributed by atoms with Gasteiger partial charge in [0.05, 0.1) is 17.1 Å². The van der Waals surface area contributed by atoms with E-state index in [1.165, 1.54) is 25.1 Å². The lowest BCUT2D eigenvalue weighted by molar-refractivity contribution is -0.126. The highest BCUT2D eigenvalue weighted by Gasteiger charge is 2.55. The van der Waals surface area contributed by atoms with Gasteiger partial charge in [-0.05, 0) is 30.3 Å². The molecular weight excluding hydrogens is 285 g/mol. The Morgan fingerprint density at radius 1 is 1.14 bits per heavy atom. The number of nitrogens with zero attached hydrogens (tertiary/aromatic N) is 1. The summed E-state index contributed by atoms with van der Waals surface area (Å²) in [5, 5.41) is 6.21. The van der Waals surface area contributed by atoms with Crippen LogP contribution in [0.2, 0.25) is 0 Å². The number of benzene rings is 2. The number of para-hydroxylation sites is 2. The van der Waals surface area contributed by atoms with Gasteiger partial charge < -0.3 is 10.6 Å². The fourth-order valence-electron chi connectivity index (χ4n) is 3.09. The van der Waals surface area contributed by atoms with E-state index in [-0.39, 0.29) is 0 Å². The molecule has 2 N–H and O–H groups in total. The largest absolute Gasteiger partial charge is 0.349 e. The van der Waals surface area contributed by atoms with Crippen LogP contribution < -0.4 is 15.5 Å². The van der Waals surface area contributed by atoms with Crippen LogP contribution in [0.3, 0.4) is 0 Å². The SMILES string of the molecule is CC(=O)N1C(=O)C2(Nc3ccccc3N2)c2cc(F)ccc21. The van der Waals surface area contributed by atoms with Gasteiger partial charge in [-0.2, -0.15) is 0 Å². The summed E-state index contributed by atoms with van der Waals surface area (Å²) >= 11 is 0. The van der Waals surface area contributed by atoms with E-state index < -0.39 is 23.3 Å². The second-order valence-corrected chi connectivity index (χ2v) is 5.37. The number of halogens is 1. The van der Waals surface area contributed by atoms with Crippen molar-refractivity contribution in [3.8, 4) is 0 Å². The molecule has 1 spiro atoms. The number of hydrogen-bond donors (Lipinski definition) is 2. The van der Waals surface area contributed by atoms with Crippen LogP contribution in [-0.4, -0.2) is 11.8 Å².